The minimum Gasteiger partial charge on any atom is -0.496 e. The van der Waals surface area contributed by atoms with Crippen LogP contribution in [0.1, 0.15) is 44.6 Å². The zero-order chi connectivity index (χ0) is 22.6. The Bertz CT molecular complexity index is 896. The van der Waals surface area contributed by atoms with Crippen molar-refractivity contribution in [2.75, 3.05) is 14.2 Å². The van der Waals surface area contributed by atoms with Crippen molar-refractivity contribution < 1.29 is 28.2 Å². The van der Waals surface area contributed by atoms with E-state index in [9.17, 15) is 18.8 Å². The lowest BCUT2D eigenvalue weighted by molar-refractivity contribution is -0.139. The molecule has 9 nitrogen and oxygen atoms in total. The molecule has 31 heavy (non-hydrogen) atoms. The van der Waals surface area contributed by atoms with Crippen molar-refractivity contribution in [2.24, 2.45) is 11.0 Å². The number of hydrogen-bond acceptors (Lipinski definition) is 6. The molecule has 1 aliphatic carbocycles. The average Bonchev–Trinajstić information content (AvgIpc) is 2.75. The summed E-state index contributed by atoms with van der Waals surface area (Å²) in [7, 11) is 2.85. The lowest BCUT2D eigenvalue weighted by atomic mass is 9.72. The van der Waals surface area contributed by atoms with Crippen LogP contribution in [0, 0.1) is 11.7 Å². The maximum atomic E-state index is 13.7. The number of rotatable bonds is 5. The molecule has 168 valence electrons. The molecule has 0 aromatic heterocycles. The SMILES string of the molecule is CNC(=O)C(=O)N[C@@H](C)CC1CCC2(CC1)OC(=O)NN=C2c1ccc(F)cc1OC. The number of hydrazone groups is 1. The minimum absolute atomic E-state index is 0.176. The second-order valence-electron chi connectivity index (χ2n) is 7.93. The van der Waals surface area contributed by atoms with Crippen LogP contribution in [0.15, 0.2) is 23.3 Å². The number of benzene rings is 1. The van der Waals surface area contributed by atoms with Crippen LogP contribution in [0.2, 0.25) is 0 Å². The monoisotopic (exact) mass is 434 g/mol. The van der Waals surface area contributed by atoms with Crippen molar-refractivity contribution in [1.82, 2.24) is 16.1 Å². The van der Waals surface area contributed by atoms with E-state index >= 15 is 0 Å². The number of hydrogen-bond donors (Lipinski definition) is 3. The Morgan fingerprint density at radius 2 is 2.06 bits per heavy atom. The minimum atomic E-state index is -0.932. The Hall–Kier alpha value is -3.17. The standard InChI is InChI=1S/C21H27FN4O5/c1-12(24-19(28)18(27)23-2)10-13-6-8-21(9-7-13)17(25-26-20(29)31-21)15-5-4-14(22)11-16(15)30-3/h4-5,11-13H,6-10H2,1-3H3,(H,23,27)(H,24,28)(H,26,29)/t12-,13?,21?/m0/s1. The second-order valence-corrected chi connectivity index (χ2v) is 7.93. The smallest absolute Gasteiger partial charge is 0.428 e. The van der Waals surface area contributed by atoms with E-state index in [1.54, 1.807) is 6.07 Å². The Kier molecular flexibility index (Phi) is 6.77. The molecule has 3 rings (SSSR count). The van der Waals surface area contributed by atoms with Gasteiger partial charge in [-0.3, -0.25) is 9.59 Å². The number of carbonyl (C=O) groups is 3. The number of halogens is 1. The third-order valence-electron chi connectivity index (χ3n) is 5.81. The first kappa shape index (κ1) is 22.5. The highest BCUT2D eigenvalue weighted by Gasteiger charge is 2.47. The number of carbonyl (C=O) groups excluding carboxylic acids is 3. The number of nitrogens with one attached hydrogen (secondary N) is 3. The molecule has 1 fully saturated rings. The molecular weight excluding hydrogens is 407 g/mol. The van der Waals surface area contributed by atoms with E-state index < -0.39 is 29.3 Å². The third kappa shape index (κ3) is 4.95. The number of likely N-dealkylation sites (N-methyl/N-ethyl adjacent to an activating group) is 1. The molecule has 0 unspecified atom stereocenters. The topological polar surface area (TPSA) is 118 Å². The van der Waals surface area contributed by atoms with Gasteiger partial charge in [0.2, 0.25) is 0 Å². The number of ether oxygens (including phenoxy) is 2. The summed E-state index contributed by atoms with van der Waals surface area (Å²) in [6.07, 6.45) is 2.58. The lowest BCUT2D eigenvalue weighted by Gasteiger charge is -2.42. The van der Waals surface area contributed by atoms with Crippen LogP contribution in [0.25, 0.3) is 0 Å². The van der Waals surface area contributed by atoms with Crippen LogP contribution in [0.4, 0.5) is 9.18 Å². The molecule has 1 aliphatic heterocycles. The molecule has 1 aromatic carbocycles. The van der Waals surface area contributed by atoms with Gasteiger partial charge in [0.1, 0.15) is 17.3 Å². The van der Waals surface area contributed by atoms with Gasteiger partial charge in [0, 0.05) is 24.7 Å². The fourth-order valence-electron chi connectivity index (χ4n) is 4.30. The fourth-order valence-corrected chi connectivity index (χ4v) is 4.30. The van der Waals surface area contributed by atoms with Gasteiger partial charge in [-0.1, -0.05) is 0 Å². The lowest BCUT2D eigenvalue weighted by Crippen LogP contribution is -2.52. The van der Waals surface area contributed by atoms with Crippen molar-refractivity contribution in [2.45, 2.75) is 50.7 Å². The van der Waals surface area contributed by atoms with E-state index in [2.05, 4.69) is 21.2 Å². The third-order valence-corrected chi connectivity index (χ3v) is 5.81. The fraction of sp³-hybridized carbons (Fsp3) is 0.524. The Morgan fingerprint density at radius 1 is 1.35 bits per heavy atom. The number of methoxy groups -OCH3 is 1. The summed E-state index contributed by atoms with van der Waals surface area (Å²) in [5, 5.41) is 9.22. The van der Waals surface area contributed by atoms with E-state index in [1.807, 2.05) is 6.92 Å². The zero-order valence-electron chi connectivity index (χ0n) is 17.8. The summed E-state index contributed by atoms with van der Waals surface area (Å²) in [5.41, 5.74) is 2.48. The first-order chi connectivity index (χ1) is 14.8. The largest absolute Gasteiger partial charge is 0.496 e. The van der Waals surface area contributed by atoms with E-state index in [0.717, 1.165) is 12.8 Å². The van der Waals surface area contributed by atoms with Crippen LogP contribution in [0.5, 0.6) is 5.75 Å². The summed E-state index contributed by atoms with van der Waals surface area (Å²) in [6.45, 7) is 1.85. The average molecular weight is 434 g/mol. The van der Waals surface area contributed by atoms with E-state index in [1.165, 1.54) is 26.3 Å². The van der Waals surface area contributed by atoms with Crippen molar-refractivity contribution in [3.8, 4) is 5.75 Å². The van der Waals surface area contributed by atoms with E-state index in [0.29, 0.717) is 36.3 Å². The van der Waals surface area contributed by atoms with E-state index in [-0.39, 0.29) is 12.0 Å². The zero-order valence-corrected chi connectivity index (χ0v) is 17.8. The first-order valence-electron chi connectivity index (χ1n) is 10.2. The molecule has 1 aromatic rings. The highest BCUT2D eigenvalue weighted by molar-refractivity contribution is 6.35. The van der Waals surface area contributed by atoms with Gasteiger partial charge >= 0.3 is 17.9 Å². The normalized spacial score (nSPS) is 23.8. The summed E-state index contributed by atoms with van der Waals surface area (Å²) in [6, 6.07) is 3.97. The predicted octanol–water partition coefficient (Wildman–Crippen LogP) is 1.85. The van der Waals surface area contributed by atoms with Gasteiger partial charge in [-0.05, 0) is 57.1 Å². The molecule has 2 aliphatic rings. The number of amides is 3. The Labute approximate surface area is 179 Å². The maximum Gasteiger partial charge on any atom is 0.428 e. The summed E-state index contributed by atoms with van der Waals surface area (Å²) >= 11 is 0. The van der Waals surface area contributed by atoms with Crippen molar-refractivity contribution in [3.63, 3.8) is 0 Å². The van der Waals surface area contributed by atoms with Gasteiger partial charge in [0.15, 0.2) is 5.60 Å². The van der Waals surface area contributed by atoms with Crippen LogP contribution in [0.3, 0.4) is 0 Å². The van der Waals surface area contributed by atoms with E-state index in [4.69, 9.17) is 9.47 Å². The highest BCUT2D eigenvalue weighted by atomic mass is 19.1. The van der Waals surface area contributed by atoms with Crippen molar-refractivity contribution in [1.29, 1.82) is 0 Å². The van der Waals surface area contributed by atoms with Crippen molar-refractivity contribution in [3.05, 3.63) is 29.6 Å². The molecule has 0 saturated heterocycles. The first-order valence-corrected chi connectivity index (χ1v) is 10.2. The molecule has 3 N–H and O–H groups in total. The van der Waals surface area contributed by atoms with Crippen molar-refractivity contribution >= 4 is 23.6 Å². The molecule has 3 amide bonds. The van der Waals surface area contributed by atoms with Gasteiger partial charge in [0.25, 0.3) is 0 Å². The van der Waals surface area contributed by atoms with Crippen LogP contribution in [-0.2, 0) is 14.3 Å². The molecule has 0 radical (unpaired) electrons. The van der Waals surface area contributed by atoms with Gasteiger partial charge < -0.3 is 20.1 Å². The molecule has 1 atom stereocenters. The van der Waals surface area contributed by atoms with Gasteiger partial charge in [-0.25, -0.2) is 14.6 Å². The summed E-state index contributed by atoms with van der Waals surface area (Å²) < 4.78 is 24.7. The molecular formula is C21H27FN4O5. The quantitative estimate of drug-likeness (QED) is 0.612. The Morgan fingerprint density at radius 3 is 2.71 bits per heavy atom. The van der Waals surface area contributed by atoms with Gasteiger partial charge in [0.05, 0.1) is 7.11 Å². The van der Waals surface area contributed by atoms with Crippen LogP contribution in [-0.4, -0.2) is 49.4 Å². The predicted molar refractivity (Wildman–Crippen MR) is 110 cm³/mol. The second kappa shape index (κ2) is 9.32. The molecule has 1 spiro atoms. The molecule has 0 bridgehead atoms. The Balaban J connectivity index is 1.72. The van der Waals surface area contributed by atoms with Crippen LogP contribution >= 0.6 is 0 Å². The van der Waals surface area contributed by atoms with Crippen LogP contribution < -0.4 is 20.8 Å². The molecule has 10 heteroatoms. The van der Waals surface area contributed by atoms with Gasteiger partial charge in [-0.15, -0.1) is 0 Å². The maximum absolute atomic E-state index is 13.7. The summed E-state index contributed by atoms with van der Waals surface area (Å²) in [5.74, 6) is -1.19. The summed E-state index contributed by atoms with van der Waals surface area (Å²) in [4.78, 5) is 35.1. The van der Waals surface area contributed by atoms with Gasteiger partial charge in [-0.2, -0.15) is 5.10 Å². The highest BCUT2D eigenvalue weighted by Crippen LogP contribution is 2.41. The molecule has 1 heterocycles. The number of nitrogens with zero attached hydrogens (tertiary/aromatic N) is 1. The molecule has 1 saturated carbocycles.